The van der Waals surface area contributed by atoms with Crippen LogP contribution in [0, 0.1) is 11.3 Å². The smallest absolute Gasteiger partial charge is 0.151 e. The molecule has 0 unspecified atom stereocenters. The van der Waals surface area contributed by atoms with Crippen LogP contribution in [-0.2, 0) is 0 Å². The molecule has 1 saturated carbocycles. The summed E-state index contributed by atoms with van der Waals surface area (Å²) in [6.45, 7) is 0. The van der Waals surface area contributed by atoms with Crippen molar-refractivity contribution in [3.05, 3.63) is 29.3 Å². The third kappa shape index (κ3) is 1.74. The molecule has 1 aromatic carbocycles. The van der Waals surface area contributed by atoms with Crippen LogP contribution in [0.15, 0.2) is 18.2 Å². The second kappa shape index (κ2) is 3.51. The van der Waals surface area contributed by atoms with Gasteiger partial charge in [0.2, 0.25) is 0 Å². The van der Waals surface area contributed by atoms with Crippen molar-refractivity contribution in [1.82, 2.24) is 0 Å². The van der Waals surface area contributed by atoms with Gasteiger partial charge in [-0.1, -0.05) is 0 Å². The molecule has 1 aliphatic carbocycles. The van der Waals surface area contributed by atoms with Gasteiger partial charge in [-0.2, -0.15) is 5.26 Å². The maximum atomic E-state index is 10.6. The molecular formula is C11H9NO2. The molecule has 14 heavy (non-hydrogen) atoms. The van der Waals surface area contributed by atoms with Gasteiger partial charge in [0.25, 0.3) is 0 Å². The van der Waals surface area contributed by atoms with Gasteiger partial charge >= 0.3 is 0 Å². The Balaban J connectivity index is 2.26. The van der Waals surface area contributed by atoms with Crippen molar-refractivity contribution in [1.29, 1.82) is 5.26 Å². The number of ether oxygens (including phenoxy) is 1. The largest absolute Gasteiger partial charge is 0.490 e. The zero-order valence-electron chi connectivity index (χ0n) is 7.56. The summed E-state index contributed by atoms with van der Waals surface area (Å²) in [4.78, 5) is 10.6. The number of nitriles is 1. The Bertz CT molecular complexity index is 402. The molecule has 70 valence electrons. The molecule has 0 amide bonds. The molecule has 0 saturated heterocycles. The van der Waals surface area contributed by atoms with E-state index in [2.05, 4.69) is 0 Å². The zero-order valence-corrected chi connectivity index (χ0v) is 7.56. The summed E-state index contributed by atoms with van der Waals surface area (Å²) >= 11 is 0. The van der Waals surface area contributed by atoms with Crippen molar-refractivity contribution in [2.75, 3.05) is 0 Å². The second-order valence-corrected chi connectivity index (χ2v) is 3.30. The lowest BCUT2D eigenvalue weighted by Gasteiger charge is -2.04. The first-order valence-electron chi connectivity index (χ1n) is 4.49. The fourth-order valence-corrected chi connectivity index (χ4v) is 1.19. The molecule has 1 aromatic rings. The van der Waals surface area contributed by atoms with Crippen molar-refractivity contribution in [3.63, 3.8) is 0 Å². The van der Waals surface area contributed by atoms with Crippen molar-refractivity contribution < 1.29 is 9.53 Å². The third-order valence-electron chi connectivity index (χ3n) is 2.10. The first kappa shape index (κ1) is 8.76. The van der Waals surface area contributed by atoms with Gasteiger partial charge in [0.15, 0.2) is 6.29 Å². The summed E-state index contributed by atoms with van der Waals surface area (Å²) < 4.78 is 5.50. The van der Waals surface area contributed by atoms with Gasteiger partial charge in [-0.05, 0) is 31.0 Å². The van der Waals surface area contributed by atoms with Crippen molar-refractivity contribution >= 4 is 6.29 Å². The summed E-state index contributed by atoms with van der Waals surface area (Å²) in [6, 6.07) is 6.91. The lowest BCUT2D eigenvalue weighted by atomic mass is 10.1. The summed E-state index contributed by atoms with van der Waals surface area (Å²) in [6.07, 6.45) is 3.15. The molecule has 0 bridgehead atoms. The van der Waals surface area contributed by atoms with E-state index in [9.17, 15) is 4.79 Å². The van der Waals surface area contributed by atoms with Crippen LogP contribution in [-0.4, -0.2) is 12.4 Å². The van der Waals surface area contributed by atoms with E-state index >= 15 is 0 Å². The van der Waals surface area contributed by atoms with E-state index in [0.717, 1.165) is 12.8 Å². The Morgan fingerprint density at radius 3 is 2.86 bits per heavy atom. The summed E-state index contributed by atoms with van der Waals surface area (Å²) in [5, 5.41) is 8.68. The number of carbonyl (C=O) groups is 1. The molecule has 0 spiro atoms. The van der Waals surface area contributed by atoms with E-state index in [4.69, 9.17) is 10.00 Å². The van der Waals surface area contributed by atoms with E-state index in [1.54, 1.807) is 18.2 Å². The van der Waals surface area contributed by atoms with Crippen LogP contribution in [0.4, 0.5) is 0 Å². The average molecular weight is 187 g/mol. The molecule has 0 heterocycles. The van der Waals surface area contributed by atoms with Crippen LogP contribution in [0.25, 0.3) is 0 Å². The van der Waals surface area contributed by atoms with Gasteiger partial charge in [-0.15, -0.1) is 0 Å². The first-order valence-corrected chi connectivity index (χ1v) is 4.49. The molecule has 3 heteroatoms. The standard InChI is InChI=1S/C11H9NO2/c12-6-8-1-2-11(5-9(8)7-13)14-10-3-4-10/h1-2,5,7,10H,3-4H2. The van der Waals surface area contributed by atoms with E-state index in [1.165, 1.54) is 0 Å². The van der Waals surface area contributed by atoms with Gasteiger partial charge in [0.1, 0.15) is 5.75 Å². The maximum absolute atomic E-state index is 10.6. The van der Waals surface area contributed by atoms with E-state index in [-0.39, 0.29) is 0 Å². The Morgan fingerprint density at radius 1 is 1.50 bits per heavy atom. The molecule has 0 N–H and O–H groups in total. The first-order chi connectivity index (χ1) is 6.83. The highest BCUT2D eigenvalue weighted by Gasteiger charge is 2.23. The molecule has 0 aromatic heterocycles. The maximum Gasteiger partial charge on any atom is 0.151 e. The van der Waals surface area contributed by atoms with Crippen molar-refractivity contribution in [3.8, 4) is 11.8 Å². The lowest BCUT2D eigenvalue weighted by molar-refractivity contribution is 0.112. The monoisotopic (exact) mass is 187 g/mol. The fourth-order valence-electron chi connectivity index (χ4n) is 1.19. The number of benzene rings is 1. The summed E-state index contributed by atoms with van der Waals surface area (Å²) in [5.74, 6) is 0.675. The van der Waals surface area contributed by atoms with Gasteiger partial charge < -0.3 is 4.74 Å². The molecule has 0 aliphatic heterocycles. The van der Waals surface area contributed by atoms with Crippen LogP contribution in [0.3, 0.4) is 0 Å². The molecule has 2 rings (SSSR count). The average Bonchev–Trinajstić information content (AvgIpc) is 3.01. The number of hydrogen-bond acceptors (Lipinski definition) is 3. The highest BCUT2D eigenvalue weighted by Crippen LogP contribution is 2.27. The number of hydrogen-bond donors (Lipinski definition) is 0. The summed E-state index contributed by atoms with van der Waals surface area (Å²) in [7, 11) is 0. The Morgan fingerprint density at radius 2 is 2.29 bits per heavy atom. The number of carbonyl (C=O) groups excluding carboxylic acids is 1. The van der Waals surface area contributed by atoms with Gasteiger partial charge in [0, 0.05) is 5.56 Å². The Kier molecular flexibility index (Phi) is 2.19. The molecular weight excluding hydrogens is 178 g/mol. The SMILES string of the molecule is N#Cc1ccc(OC2CC2)cc1C=O. The molecule has 0 atom stereocenters. The highest BCUT2D eigenvalue weighted by molar-refractivity contribution is 5.79. The minimum Gasteiger partial charge on any atom is -0.490 e. The molecule has 0 radical (unpaired) electrons. The van der Waals surface area contributed by atoms with Crippen LogP contribution in [0.1, 0.15) is 28.8 Å². The Labute approximate surface area is 81.9 Å². The minimum atomic E-state index is 0.308. The fraction of sp³-hybridized carbons (Fsp3) is 0.273. The van der Waals surface area contributed by atoms with E-state index in [1.807, 2.05) is 6.07 Å². The normalized spacial score (nSPS) is 14.5. The van der Waals surface area contributed by atoms with Crippen LogP contribution in [0.2, 0.25) is 0 Å². The van der Waals surface area contributed by atoms with Gasteiger partial charge in [-0.3, -0.25) is 4.79 Å². The van der Waals surface area contributed by atoms with Crippen LogP contribution >= 0.6 is 0 Å². The molecule has 1 fully saturated rings. The minimum absolute atomic E-state index is 0.308. The molecule has 3 nitrogen and oxygen atoms in total. The highest BCUT2D eigenvalue weighted by atomic mass is 16.5. The van der Waals surface area contributed by atoms with E-state index in [0.29, 0.717) is 29.3 Å². The lowest BCUT2D eigenvalue weighted by Crippen LogP contribution is -1.97. The Hall–Kier alpha value is -1.82. The number of aldehydes is 1. The molecule has 1 aliphatic rings. The predicted octanol–water partition coefficient (Wildman–Crippen LogP) is 1.91. The van der Waals surface area contributed by atoms with Crippen LogP contribution < -0.4 is 4.74 Å². The number of rotatable bonds is 3. The number of nitrogens with zero attached hydrogens (tertiary/aromatic N) is 1. The summed E-state index contributed by atoms with van der Waals surface area (Å²) in [5.41, 5.74) is 0.786. The second-order valence-electron chi connectivity index (χ2n) is 3.30. The van der Waals surface area contributed by atoms with Crippen molar-refractivity contribution in [2.45, 2.75) is 18.9 Å². The topological polar surface area (TPSA) is 50.1 Å². The zero-order chi connectivity index (χ0) is 9.97. The van der Waals surface area contributed by atoms with Gasteiger partial charge in [0.05, 0.1) is 17.7 Å². The van der Waals surface area contributed by atoms with Gasteiger partial charge in [-0.25, -0.2) is 0 Å². The van der Waals surface area contributed by atoms with E-state index < -0.39 is 0 Å². The quantitative estimate of drug-likeness (QED) is 0.679. The van der Waals surface area contributed by atoms with Crippen LogP contribution in [0.5, 0.6) is 5.75 Å². The third-order valence-corrected chi connectivity index (χ3v) is 2.10. The van der Waals surface area contributed by atoms with Crippen molar-refractivity contribution in [2.24, 2.45) is 0 Å². The predicted molar refractivity (Wildman–Crippen MR) is 50.2 cm³/mol.